The van der Waals surface area contributed by atoms with E-state index >= 15 is 0 Å². The number of hydrogen-bond acceptors (Lipinski definition) is 3. The molecule has 1 aliphatic heterocycles. The first kappa shape index (κ1) is 12.1. The second-order valence-corrected chi connectivity index (χ2v) is 4.30. The molecule has 2 rings (SSSR count). The molecule has 0 spiro atoms. The van der Waals surface area contributed by atoms with E-state index in [1.165, 1.54) is 11.3 Å². The molecule has 1 heterocycles. The van der Waals surface area contributed by atoms with Crippen LogP contribution in [0.2, 0.25) is 0 Å². The zero-order valence-corrected chi connectivity index (χ0v) is 10.4. The summed E-state index contributed by atoms with van der Waals surface area (Å²) in [5.41, 5.74) is 2.42. The van der Waals surface area contributed by atoms with Gasteiger partial charge in [-0.15, -0.1) is 0 Å². The predicted octanol–water partition coefficient (Wildman–Crippen LogP) is 2.53. The second-order valence-electron chi connectivity index (χ2n) is 4.30. The van der Waals surface area contributed by atoms with Crippen molar-refractivity contribution in [1.29, 1.82) is 0 Å². The van der Waals surface area contributed by atoms with Crippen molar-refractivity contribution in [3.8, 4) is 0 Å². The highest BCUT2D eigenvalue weighted by atomic mass is 16.7. The average molecular weight is 233 g/mol. The lowest BCUT2D eigenvalue weighted by Gasteiger charge is -2.11. The molecule has 1 fully saturated rings. The predicted molar refractivity (Wildman–Crippen MR) is 70.1 cm³/mol. The average Bonchev–Trinajstić information content (AvgIpc) is 2.83. The Morgan fingerprint density at radius 1 is 1.18 bits per heavy atom. The summed E-state index contributed by atoms with van der Waals surface area (Å²) in [5.74, 6) is 0. The van der Waals surface area contributed by atoms with E-state index in [1.54, 1.807) is 0 Å². The molecule has 3 heteroatoms. The number of hydrogen-bond donors (Lipinski definition) is 0. The topological polar surface area (TPSA) is 21.7 Å². The molecule has 0 saturated carbocycles. The minimum absolute atomic E-state index is 0.0488. The Labute approximate surface area is 103 Å². The van der Waals surface area contributed by atoms with Crippen LogP contribution in [-0.2, 0) is 9.47 Å². The maximum absolute atomic E-state index is 5.36. The number of rotatable bonds is 4. The van der Waals surface area contributed by atoms with Gasteiger partial charge >= 0.3 is 0 Å². The van der Waals surface area contributed by atoms with Gasteiger partial charge in [-0.1, -0.05) is 24.3 Å². The fraction of sp³-hybridized carbons (Fsp3) is 0.429. The number of ether oxygens (including phenoxy) is 2. The van der Waals surface area contributed by atoms with Crippen molar-refractivity contribution in [1.82, 2.24) is 0 Å². The fourth-order valence-corrected chi connectivity index (χ4v) is 1.74. The highest BCUT2D eigenvalue weighted by Crippen LogP contribution is 2.14. The van der Waals surface area contributed by atoms with Crippen molar-refractivity contribution in [3.63, 3.8) is 0 Å². The second kappa shape index (κ2) is 5.84. The van der Waals surface area contributed by atoms with E-state index in [0.29, 0.717) is 0 Å². The molecule has 0 bridgehead atoms. The molecule has 0 aliphatic carbocycles. The Balaban J connectivity index is 1.87. The first-order chi connectivity index (χ1) is 8.25. The molecule has 1 aliphatic rings. The van der Waals surface area contributed by atoms with Crippen LogP contribution in [0.5, 0.6) is 0 Å². The summed E-state index contributed by atoms with van der Waals surface area (Å²) in [5, 5.41) is 0. The molecule has 1 aromatic carbocycles. The van der Waals surface area contributed by atoms with Gasteiger partial charge in [0.15, 0.2) is 6.29 Å². The van der Waals surface area contributed by atoms with E-state index in [2.05, 4.69) is 41.3 Å². The van der Waals surface area contributed by atoms with Crippen LogP contribution in [0, 0.1) is 0 Å². The third kappa shape index (κ3) is 3.58. The Bertz CT molecular complexity index is 364. The standard InChI is InChI=1S/C14H19NO2/c1-15(2)13-8-6-12(7-9-13)4-3-5-14-16-10-11-17-14/h3-4,6-9,14H,5,10-11H2,1-2H3/b4-3+. The van der Waals surface area contributed by atoms with E-state index in [9.17, 15) is 0 Å². The molecule has 0 aromatic heterocycles. The molecule has 0 amide bonds. The van der Waals surface area contributed by atoms with Crippen LogP contribution in [0.25, 0.3) is 6.08 Å². The highest BCUT2D eigenvalue weighted by Gasteiger charge is 2.13. The third-order valence-electron chi connectivity index (χ3n) is 2.74. The molecule has 0 N–H and O–H groups in total. The van der Waals surface area contributed by atoms with Gasteiger partial charge in [-0.3, -0.25) is 0 Å². The summed E-state index contributed by atoms with van der Waals surface area (Å²) in [6, 6.07) is 8.45. The van der Waals surface area contributed by atoms with E-state index in [0.717, 1.165) is 19.6 Å². The van der Waals surface area contributed by atoms with Crippen molar-refractivity contribution in [2.24, 2.45) is 0 Å². The molecular formula is C14H19NO2. The quantitative estimate of drug-likeness (QED) is 0.797. The van der Waals surface area contributed by atoms with Crippen LogP contribution in [0.4, 0.5) is 5.69 Å². The van der Waals surface area contributed by atoms with Crippen molar-refractivity contribution >= 4 is 11.8 Å². The summed E-state index contributed by atoms with van der Waals surface area (Å²) < 4.78 is 10.7. The third-order valence-corrected chi connectivity index (χ3v) is 2.74. The molecule has 0 atom stereocenters. The Morgan fingerprint density at radius 2 is 1.82 bits per heavy atom. The lowest BCUT2D eigenvalue weighted by molar-refractivity contribution is -0.0379. The first-order valence-corrected chi connectivity index (χ1v) is 5.93. The first-order valence-electron chi connectivity index (χ1n) is 5.93. The normalized spacial score (nSPS) is 16.8. The summed E-state index contributed by atoms with van der Waals surface area (Å²) >= 11 is 0. The van der Waals surface area contributed by atoms with Crippen molar-refractivity contribution in [3.05, 3.63) is 35.9 Å². The van der Waals surface area contributed by atoms with E-state index in [1.807, 2.05) is 14.1 Å². The summed E-state index contributed by atoms with van der Waals surface area (Å²) in [6.45, 7) is 1.44. The van der Waals surface area contributed by atoms with Crippen molar-refractivity contribution in [2.75, 3.05) is 32.2 Å². The lowest BCUT2D eigenvalue weighted by Crippen LogP contribution is -2.07. The highest BCUT2D eigenvalue weighted by molar-refractivity contribution is 5.55. The van der Waals surface area contributed by atoms with E-state index in [4.69, 9.17) is 9.47 Å². The van der Waals surface area contributed by atoms with Crippen LogP contribution >= 0.6 is 0 Å². The molecular weight excluding hydrogens is 214 g/mol. The van der Waals surface area contributed by atoms with Gasteiger partial charge < -0.3 is 14.4 Å². The van der Waals surface area contributed by atoms with Crippen LogP contribution in [0.3, 0.4) is 0 Å². The van der Waals surface area contributed by atoms with Crippen LogP contribution in [0.1, 0.15) is 12.0 Å². The SMILES string of the molecule is CN(C)c1ccc(/C=C/CC2OCCO2)cc1. The number of benzene rings is 1. The maximum atomic E-state index is 5.36. The molecule has 17 heavy (non-hydrogen) atoms. The Kier molecular flexibility index (Phi) is 4.18. The van der Waals surface area contributed by atoms with Gasteiger partial charge in [0.25, 0.3) is 0 Å². The van der Waals surface area contributed by atoms with Gasteiger partial charge in [-0.05, 0) is 17.7 Å². The van der Waals surface area contributed by atoms with Gasteiger partial charge in [0.1, 0.15) is 0 Å². The van der Waals surface area contributed by atoms with Gasteiger partial charge in [0, 0.05) is 26.2 Å². The summed E-state index contributed by atoms with van der Waals surface area (Å²) in [6.07, 6.45) is 4.97. The fourth-order valence-electron chi connectivity index (χ4n) is 1.74. The summed E-state index contributed by atoms with van der Waals surface area (Å²) in [4.78, 5) is 2.09. The number of anilines is 1. The monoisotopic (exact) mass is 233 g/mol. The van der Waals surface area contributed by atoms with Gasteiger partial charge in [-0.25, -0.2) is 0 Å². The van der Waals surface area contributed by atoms with Gasteiger partial charge in [-0.2, -0.15) is 0 Å². The largest absolute Gasteiger partial charge is 0.378 e. The van der Waals surface area contributed by atoms with Crippen LogP contribution < -0.4 is 4.90 Å². The molecule has 92 valence electrons. The minimum Gasteiger partial charge on any atom is -0.378 e. The van der Waals surface area contributed by atoms with Crippen LogP contribution in [-0.4, -0.2) is 33.6 Å². The zero-order chi connectivity index (χ0) is 12.1. The van der Waals surface area contributed by atoms with E-state index in [-0.39, 0.29) is 6.29 Å². The minimum atomic E-state index is -0.0488. The Hall–Kier alpha value is -1.32. The molecule has 0 radical (unpaired) electrons. The molecule has 1 aromatic rings. The zero-order valence-electron chi connectivity index (χ0n) is 10.4. The molecule has 1 saturated heterocycles. The van der Waals surface area contributed by atoms with Crippen molar-refractivity contribution in [2.45, 2.75) is 12.7 Å². The smallest absolute Gasteiger partial charge is 0.161 e. The molecule has 3 nitrogen and oxygen atoms in total. The van der Waals surface area contributed by atoms with Gasteiger partial charge in [0.05, 0.1) is 13.2 Å². The van der Waals surface area contributed by atoms with Crippen molar-refractivity contribution < 1.29 is 9.47 Å². The van der Waals surface area contributed by atoms with Gasteiger partial charge in [0.2, 0.25) is 0 Å². The Morgan fingerprint density at radius 3 is 2.41 bits per heavy atom. The number of nitrogens with zero attached hydrogens (tertiary/aromatic N) is 1. The van der Waals surface area contributed by atoms with E-state index < -0.39 is 0 Å². The maximum Gasteiger partial charge on any atom is 0.161 e. The van der Waals surface area contributed by atoms with Crippen LogP contribution in [0.15, 0.2) is 30.3 Å². The lowest BCUT2D eigenvalue weighted by atomic mass is 10.2. The summed E-state index contributed by atoms with van der Waals surface area (Å²) in [7, 11) is 4.08. The molecule has 0 unspecified atom stereocenters.